The Morgan fingerprint density at radius 3 is 2.29 bits per heavy atom. The van der Waals surface area contributed by atoms with E-state index in [1.165, 1.54) is 0 Å². The van der Waals surface area contributed by atoms with Gasteiger partial charge < -0.3 is 15.0 Å². The minimum Gasteiger partial charge on any atom is -0.378 e. The Balaban J connectivity index is 1.66. The molecule has 1 amide bonds. The van der Waals surface area contributed by atoms with E-state index in [4.69, 9.17) is 16.3 Å². The van der Waals surface area contributed by atoms with E-state index >= 15 is 0 Å². The van der Waals surface area contributed by atoms with Crippen molar-refractivity contribution in [2.75, 3.05) is 53.6 Å². The Hall–Kier alpha value is -2.29. The van der Waals surface area contributed by atoms with Crippen molar-refractivity contribution in [1.29, 1.82) is 0 Å². The Kier molecular flexibility index (Phi) is 6.43. The molecule has 9 heteroatoms. The number of morpholine rings is 1. The highest BCUT2D eigenvalue weighted by Gasteiger charge is 2.21. The van der Waals surface area contributed by atoms with Gasteiger partial charge in [-0.3, -0.25) is 9.10 Å². The number of sulfonamides is 1. The zero-order chi connectivity index (χ0) is 20.1. The van der Waals surface area contributed by atoms with Gasteiger partial charge in [0.2, 0.25) is 15.9 Å². The second-order valence-electron chi connectivity index (χ2n) is 6.44. The molecule has 1 N–H and O–H groups in total. The Bertz CT molecular complexity index is 911. The van der Waals surface area contributed by atoms with Gasteiger partial charge in [-0.2, -0.15) is 0 Å². The van der Waals surface area contributed by atoms with Crippen LogP contribution in [0.3, 0.4) is 0 Å². The first-order chi connectivity index (χ1) is 13.3. The summed E-state index contributed by atoms with van der Waals surface area (Å²) in [6, 6.07) is 13.7. The average Bonchev–Trinajstić information content (AvgIpc) is 2.67. The summed E-state index contributed by atoms with van der Waals surface area (Å²) >= 11 is 5.85. The lowest BCUT2D eigenvalue weighted by Gasteiger charge is -2.29. The molecule has 0 bridgehead atoms. The molecule has 28 heavy (non-hydrogen) atoms. The number of nitrogens with zero attached hydrogens (tertiary/aromatic N) is 2. The number of carbonyl (C=O) groups excluding carboxylic acids is 1. The van der Waals surface area contributed by atoms with Crippen LogP contribution in [0.5, 0.6) is 0 Å². The van der Waals surface area contributed by atoms with Crippen LogP contribution < -0.4 is 14.5 Å². The fraction of sp³-hybridized carbons (Fsp3) is 0.316. The van der Waals surface area contributed by atoms with Crippen molar-refractivity contribution < 1.29 is 17.9 Å². The largest absolute Gasteiger partial charge is 0.378 e. The van der Waals surface area contributed by atoms with Gasteiger partial charge in [0.1, 0.15) is 6.54 Å². The van der Waals surface area contributed by atoms with Gasteiger partial charge in [-0.05, 0) is 48.5 Å². The second-order valence-corrected chi connectivity index (χ2v) is 8.78. The van der Waals surface area contributed by atoms with Crippen molar-refractivity contribution >= 4 is 44.6 Å². The molecule has 1 fully saturated rings. The van der Waals surface area contributed by atoms with E-state index in [9.17, 15) is 13.2 Å². The van der Waals surface area contributed by atoms with Crippen LogP contribution in [0.15, 0.2) is 48.5 Å². The SMILES string of the molecule is CS(=O)(=O)N(CC(=O)Nc1ccc(N2CCOCC2)cc1)c1ccc(Cl)cc1. The van der Waals surface area contributed by atoms with Gasteiger partial charge >= 0.3 is 0 Å². The summed E-state index contributed by atoms with van der Waals surface area (Å²) in [5.74, 6) is -0.431. The molecule has 1 saturated heterocycles. The molecule has 1 aliphatic heterocycles. The molecular weight excluding hydrogens is 402 g/mol. The lowest BCUT2D eigenvalue weighted by Crippen LogP contribution is -2.37. The van der Waals surface area contributed by atoms with E-state index in [1.54, 1.807) is 36.4 Å². The van der Waals surface area contributed by atoms with Crippen LogP contribution in [0.2, 0.25) is 5.02 Å². The first-order valence-electron chi connectivity index (χ1n) is 8.79. The molecule has 0 atom stereocenters. The lowest BCUT2D eigenvalue weighted by molar-refractivity contribution is -0.114. The second kappa shape index (κ2) is 8.81. The summed E-state index contributed by atoms with van der Waals surface area (Å²) in [7, 11) is -3.63. The van der Waals surface area contributed by atoms with Crippen LogP contribution in [0.4, 0.5) is 17.1 Å². The van der Waals surface area contributed by atoms with Crippen LogP contribution in [0, 0.1) is 0 Å². The zero-order valence-electron chi connectivity index (χ0n) is 15.5. The summed E-state index contributed by atoms with van der Waals surface area (Å²) in [6.45, 7) is 2.73. The van der Waals surface area contributed by atoms with E-state index in [2.05, 4.69) is 10.2 Å². The van der Waals surface area contributed by atoms with Crippen molar-refractivity contribution in [3.05, 3.63) is 53.6 Å². The first-order valence-corrected chi connectivity index (χ1v) is 11.0. The molecule has 0 aliphatic carbocycles. The normalized spacial score (nSPS) is 14.6. The van der Waals surface area contributed by atoms with E-state index in [0.717, 1.165) is 29.3 Å². The van der Waals surface area contributed by atoms with Crippen LogP contribution in [0.1, 0.15) is 0 Å². The molecule has 3 rings (SSSR count). The fourth-order valence-corrected chi connectivity index (χ4v) is 3.90. The highest BCUT2D eigenvalue weighted by molar-refractivity contribution is 7.92. The third-order valence-electron chi connectivity index (χ3n) is 4.33. The summed E-state index contributed by atoms with van der Waals surface area (Å²) < 4.78 is 30.6. The molecule has 0 spiro atoms. The number of ether oxygens (including phenoxy) is 1. The van der Waals surface area contributed by atoms with E-state index < -0.39 is 15.9 Å². The van der Waals surface area contributed by atoms with E-state index in [-0.39, 0.29) is 6.54 Å². The fourth-order valence-electron chi connectivity index (χ4n) is 2.92. The van der Waals surface area contributed by atoms with Gasteiger partial charge in [0, 0.05) is 29.5 Å². The molecule has 1 aliphatic rings. The van der Waals surface area contributed by atoms with Gasteiger partial charge in [-0.1, -0.05) is 11.6 Å². The lowest BCUT2D eigenvalue weighted by atomic mass is 10.2. The quantitative estimate of drug-likeness (QED) is 0.772. The van der Waals surface area contributed by atoms with Gasteiger partial charge in [0.25, 0.3) is 0 Å². The number of benzene rings is 2. The summed E-state index contributed by atoms with van der Waals surface area (Å²) in [5, 5.41) is 3.23. The minimum absolute atomic E-state index is 0.328. The molecule has 7 nitrogen and oxygen atoms in total. The van der Waals surface area contributed by atoms with Crippen molar-refractivity contribution in [1.82, 2.24) is 0 Å². The number of hydrogen-bond acceptors (Lipinski definition) is 5. The number of amides is 1. The average molecular weight is 424 g/mol. The standard InChI is InChI=1S/C19H22ClN3O4S/c1-28(25,26)23(18-6-2-15(20)3-7-18)14-19(24)21-16-4-8-17(9-5-16)22-10-12-27-13-11-22/h2-9H,10-14H2,1H3,(H,21,24). The van der Waals surface area contributed by atoms with Crippen LogP contribution in [-0.2, 0) is 19.6 Å². The maximum absolute atomic E-state index is 12.4. The predicted octanol–water partition coefficient (Wildman–Crippen LogP) is 2.58. The van der Waals surface area contributed by atoms with Crippen molar-refractivity contribution in [3.8, 4) is 0 Å². The molecule has 0 aromatic heterocycles. The molecule has 0 radical (unpaired) electrons. The number of rotatable bonds is 6. The van der Waals surface area contributed by atoms with Gasteiger partial charge in [-0.15, -0.1) is 0 Å². The predicted molar refractivity (Wildman–Crippen MR) is 112 cm³/mol. The van der Waals surface area contributed by atoms with Crippen molar-refractivity contribution in [2.45, 2.75) is 0 Å². The summed E-state index contributed by atoms with van der Waals surface area (Å²) in [5.41, 5.74) is 2.04. The molecule has 2 aromatic carbocycles. The summed E-state index contributed by atoms with van der Waals surface area (Å²) in [6.07, 6.45) is 1.06. The van der Waals surface area contributed by atoms with Crippen molar-refractivity contribution in [2.24, 2.45) is 0 Å². The monoisotopic (exact) mass is 423 g/mol. The smallest absolute Gasteiger partial charge is 0.245 e. The maximum Gasteiger partial charge on any atom is 0.245 e. The van der Waals surface area contributed by atoms with Gasteiger partial charge in [0.05, 0.1) is 25.2 Å². The van der Waals surface area contributed by atoms with Crippen molar-refractivity contribution in [3.63, 3.8) is 0 Å². The molecule has 150 valence electrons. The summed E-state index contributed by atoms with van der Waals surface area (Å²) in [4.78, 5) is 14.6. The number of carbonyl (C=O) groups is 1. The Labute approximate surface area is 169 Å². The molecule has 2 aromatic rings. The number of anilines is 3. The Morgan fingerprint density at radius 1 is 1.11 bits per heavy atom. The number of nitrogens with one attached hydrogen (secondary N) is 1. The maximum atomic E-state index is 12.4. The topological polar surface area (TPSA) is 79.0 Å². The van der Waals surface area contributed by atoms with E-state index in [1.807, 2.05) is 12.1 Å². The minimum atomic E-state index is -3.63. The zero-order valence-corrected chi connectivity index (χ0v) is 17.0. The highest BCUT2D eigenvalue weighted by atomic mass is 35.5. The van der Waals surface area contributed by atoms with Gasteiger partial charge in [0.15, 0.2) is 0 Å². The molecule has 1 heterocycles. The third-order valence-corrected chi connectivity index (χ3v) is 5.72. The van der Waals surface area contributed by atoms with Crippen LogP contribution in [-0.4, -0.2) is 53.4 Å². The Morgan fingerprint density at radius 2 is 1.71 bits per heavy atom. The van der Waals surface area contributed by atoms with Crippen LogP contribution in [0.25, 0.3) is 0 Å². The molecule has 0 saturated carbocycles. The van der Waals surface area contributed by atoms with Gasteiger partial charge in [-0.25, -0.2) is 8.42 Å². The number of halogens is 1. The van der Waals surface area contributed by atoms with Crippen LogP contribution >= 0.6 is 11.6 Å². The van der Waals surface area contributed by atoms with E-state index in [0.29, 0.717) is 29.6 Å². The molecular formula is C19H22ClN3O4S. The highest BCUT2D eigenvalue weighted by Crippen LogP contribution is 2.21. The number of hydrogen-bond donors (Lipinski definition) is 1. The third kappa shape index (κ3) is 5.37. The first kappa shape index (κ1) is 20.4. The molecule has 0 unspecified atom stereocenters.